The van der Waals surface area contributed by atoms with E-state index in [0.717, 1.165) is 18.4 Å². The molecule has 116 valence electrons. The van der Waals surface area contributed by atoms with E-state index < -0.39 is 0 Å². The highest BCUT2D eigenvalue weighted by Gasteiger charge is 2.39. The maximum atomic E-state index is 8.83. The zero-order valence-corrected chi connectivity index (χ0v) is 13.3. The second-order valence-electron chi connectivity index (χ2n) is 6.85. The molecule has 0 bridgehead atoms. The smallest absolute Gasteiger partial charge is 0.0991 e. The van der Waals surface area contributed by atoms with Crippen LogP contribution in [0.5, 0.6) is 0 Å². The van der Waals surface area contributed by atoms with Gasteiger partial charge in [0.05, 0.1) is 11.6 Å². The van der Waals surface area contributed by atoms with E-state index in [-0.39, 0.29) is 0 Å². The van der Waals surface area contributed by atoms with Gasteiger partial charge in [0.25, 0.3) is 0 Å². The highest BCUT2D eigenvalue weighted by molar-refractivity contribution is 5.55. The van der Waals surface area contributed by atoms with E-state index in [4.69, 9.17) is 11.0 Å². The first-order valence-electron chi connectivity index (χ1n) is 8.35. The zero-order valence-electron chi connectivity index (χ0n) is 13.3. The molecule has 0 aliphatic heterocycles. The van der Waals surface area contributed by atoms with Crippen molar-refractivity contribution in [2.24, 2.45) is 11.7 Å². The summed E-state index contributed by atoms with van der Waals surface area (Å²) in [6.45, 7) is 2.22. The second kappa shape index (κ2) is 6.64. The lowest BCUT2D eigenvalue weighted by molar-refractivity contribution is 0.338. The van der Waals surface area contributed by atoms with E-state index in [1.165, 1.54) is 30.4 Å². The van der Waals surface area contributed by atoms with Gasteiger partial charge in [-0.25, -0.2) is 0 Å². The van der Waals surface area contributed by atoms with Crippen molar-refractivity contribution < 1.29 is 0 Å². The van der Waals surface area contributed by atoms with E-state index >= 15 is 0 Å². The predicted octanol–water partition coefficient (Wildman–Crippen LogP) is 3.21. The number of nitriles is 1. The molecule has 3 heteroatoms. The third-order valence-electron chi connectivity index (χ3n) is 5.03. The van der Waals surface area contributed by atoms with Crippen LogP contribution in [0.25, 0.3) is 6.08 Å². The van der Waals surface area contributed by atoms with Crippen LogP contribution in [0.4, 0.5) is 0 Å². The van der Waals surface area contributed by atoms with Gasteiger partial charge < -0.3 is 11.1 Å². The van der Waals surface area contributed by atoms with Crippen molar-refractivity contribution in [3.05, 3.63) is 41.0 Å². The summed E-state index contributed by atoms with van der Waals surface area (Å²) in [4.78, 5) is 0. The number of benzene rings is 1. The molecule has 0 radical (unpaired) electrons. The predicted molar refractivity (Wildman–Crippen MR) is 90.1 cm³/mol. The minimum Gasteiger partial charge on any atom is -0.328 e. The SMILES string of the molecule is CC(=Cc1ccc(C#N)cc1)C1CC1NC1CCC(N)CC1. The third kappa shape index (κ3) is 3.76. The third-order valence-corrected chi connectivity index (χ3v) is 5.03. The number of hydrogen-bond donors (Lipinski definition) is 2. The van der Waals surface area contributed by atoms with Gasteiger partial charge in [0.2, 0.25) is 0 Å². The Hall–Kier alpha value is -1.63. The summed E-state index contributed by atoms with van der Waals surface area (Å²) in [5.74, 6) is 0.672. The summed E-state index contributed by atoms with van der Waals surface area (Å²) in [6, 6.07) is 11.7. The average molecular weight is 295 g/mol. The van der Waals surface area contributed by atoms with Gasteiger partial charge in [-0.3, -0.25) is 0 Å². The van der Waals surface area contributed by atoms with E-state index in [1.54, 1.807) is 0 Å². The molecule has 2 atom stereocenters. The molecule has 3 rings (SSSR count). The first-order chi connectivity index (χ1) is 10.7. The minimum absolute atomic E-state index is 0.422. The van der Waals surface area contributed by atoms with Crippen molar-refractivity contribution in [3.8, 4) is 6.07 Å². The highest BCUT2D eigenvalue weighted by atomic mass is 15.0. The largest absolute Gasteiger partial charge is 0.328 e. The maximum absolute atomic E-state index is 8.83. The summed E-state index contributed by atoms with van der Waals surface area (Å²) in [5.41, 5.74) is 9.31. The molecule has 3 nitrogen and oxygen atoms in total. The molecular weight excluding hydrogens is 270 g/mol. The summed E-state index contributed by atoms with van der Waals surface area (Å²) in [5, 5.41) is 12.6. The number of rotatable bonds is 4. The Kier molecular flexibility index (Phi) is 4.61. The standard InChI is InChI=1S/C19H25N3/c1-13(10-14-2-4-15(12-20)5-3-14)18-11-19(18)22-17-8-6-16(21)7-9-17/h2-5,10,16-19,22H,6-9,11,21H2,1H3. The summed E-state index contributed by atoms with van der Waals surface area (Å²) in [7, 11) is 0. The molecule has 2 aliphatic carbocycles. The zero-order chi connectivity index (χ0) is 15.5. The Bertz CT molecular complexity index is 574. The van der Waals surface area contributed by atoms with E-state index in [0.29, 0.717) is 24.0 Å². The first-order valence-corrected chi connectivity index (χ1v) is 8.35. The van der Waals surface area contributed by atoms with Gasteiger partial charge in [-0.05, 0) is 62.6 Å². The van der Waals surface area contributed by atoms with Crippen molar-refractivity contribution in [1.29, 1.82) is 5.26 Å². The Labute approximate surface area is 133 Å². The Morgan fingerprint density at radius 1 is 1.23 bits per heavy atom. The fourth-order valence-corrected chi connectivity index (χ4v) is 3.49. The van der Waals surface area contributed by atoms with Crippen LogP contribution in [0.2, 0.25) is 0 Å². The molecule has 22 heavy (non-hydrogen) atoms. The van der Waals surface area contributed by atoms with Crippen molar-refractivity contribution in [3.63, 3.8) is 0 Å². The average Bonchev–Trinajstić information content (AvgIpc) is 3.30. The number of nitrogens with one attached hydrogen (secondary N) is 1. The molecule has 2 saturated carbocycles. The molecule has 1 aromatic carbocycles. The second-order valence-corrected chi connectivity index (χ2v) is 6.85. The summed E-state index contributed by atoms with van der Waals surface area (Å²) in [6.07, 6.45) is 8.28. The van der Waals surface area contributed by atoms with Gasteiger partial charge in [0, 0.05) is 18.1 Å². The van der Waals surface area contributed by atoms with Crippen LogP contribution >= 0.6 is 0 Å². The van der Waals surface area contributed by atoms with Crippen molar-refractivity contribution in [2.45, 2.75) is 57.2 Å². The molecule has 2 unspecified atom stereocenters. The molecule has 3 N–H and O–H groups in total. The van der Waals surface area contributed by atoms with Crippen LogP contribution in [-0.2, 0) is 0 Å². The van der Waals surface area contributed by atoms with Gasteiger partial charge in [-0.2, -0.15) is 5.26 Å². The fourth-order valence-electron chi connectivity index (χ4n) is 3.49. The van der Waals surface area contributed by atoms with E-state index in [1.807, 2.05) is 24.3 Å². The van der Waals surface area contributed by atoms with Crippen molar-refractivity contribution in [2.75, 3.05) is 0 Å². The quantitative estimate of drug-likeness (QED) is 0.896. The molecule has 2 fully saturated rings. The van der Waals surface area contributed by atoms with Crippen molar-refractivity contribution >= 4 is 6.08 Å². The molecular formula is C19H25N3. The van der Waals surface area contributed by atoms with Crippen LogP contribution < -0.4 is 11.1 Å². The van der Waals surface area contributed by atoms with Crippen LogP contribution in [0, 0.1) is 17.2 Å². The molecule has 2 aliphatic rings. The van der Waals surface area contributed by atoms with Gasteiger partial charge in [-0.1, -0.05) is 23.8 Å². The summed E-state index contributed by atoms with van der Waals surface area (Å²) >= 11 is 0. The molecule has 0 aromatic heterocycles. The van der Waals surface area contributed by atoms with E-state index in [9.17, 15) is 0 Å². The Balaban J connectivity index is 1.52. The van der Waals surface area contributed by atoms with Gasteiger partial charge in [-0.15, -0.1) is 0 Å². The molecule has 1 aromatic rings. The molecule has 0 amide bonds. The first kappa shape index (κ1) is 15.3. The van der Waals surface area contributed by atoms with Gasteiger partial charge in [0.15, 0.2) is 0 Å². The number of nitrogens with two attached hydrogens (primary N) is 1. The van der Waals surface area contributed by atoms with Crippen LogP contribution in [0.3, 0.4) is 0 Å². The van der Waals surface area contributed by atoms with Gasteiger partial charge in [0.1, 0.15) is 0 Å². The fraction of sp³-hybridized carbons (Fsp3) is 0.526. The Morgan fingerprint density at radius 2 is 1.91 bits per heavy atom. The lowest BCUT2D eigenvalue weighted by atomic mass is 9.92. The maximum Gasteiger partial charge on any atom is 0.0991 e. The molecule has 0 spiro atoms. The number of hydrogen-bond acceptors (Lipinski definition) is 3. The summed E-state index contributed by atoms with van der Waals surface area (Å²) < 4.78 is 0. The highest BCUT2D eigenvalue weighted by Crippen LogP contribution is 2.39. The minimum atomic E-state index is 0.422. The van der Waals surface area contributed by atoms with Gasteiger partial charge >= 0.3 is 0 Å². The van der Waals surface area contributed by atoms with Crippen LogP contribution in [-0.4, -0.2) is 18.1 Å². The lowest BCUT2D eigenvalue weighted by Gasteiger charge is -2.27. The Morgan fingerprint density at radius 3 is 2.55 bits per heavy atom. The molecule has 0 heterocycles. The normalized spacial score (nSPS) is 31.6. The van der Waals surface area contributed by atoms with Crippen LogP contribution in [0.15, 0.2) is 29.8 Å². The number of nitrogens with zero attached hydrogens (tertiary/aromatic N) is 1. The van der Waals surface area contributed by atoms with Crippen molar-refractivity contribution in [1.82, 2.24) is 5.32 Å². The van der Waals surface area contributed by atoms with Crippen LogP contribution in [0.1, 0.15) is 50.2 Å². The van der Waals surface area contributed by atoms with E-state index in [2.05, 4.69) is 24.4 Å². The molecule has 0 saturated heterocycles. The lowest BCUT2D eigenvalue weighted by Crippen LogP contribution is -2.38. The topological polar surface area (TPSA) is 61.8 Å². The monoisotopic (exact) mass is 295 g/mol.